The lowest BCUT2D eigenvalue weighted by Gasteiger charge is -2.12. The standard InChI is InChI=1S/C22H15F2N3O2/c1-29-16-7-3-6-12(19(16)24)17-14(23)9-8-13-20(25)18-15(26-21(13)17)10-27(22(18)28)11-4-2-5-11/h2-10,28H,25H2,1H3. The molecular weight excluding hydrogens is 376 g/mol. The van der Waals surface area contributed by atoms with Gasteiger partial charge in [-0.05, 0) is 30.4 Å². The van der Waals surface area contributed by atoms with Crippen molar-refractivity contribution < 1.29 is 18.6 Å². The molecule has 0 unspecified atom stereocenters. The summed E-state index contributed by atoms with van der Waals surface area (Å²) in [5.41, 5.74) is 7.94. The Hall–Kier alpha value is -3.87. The molecule has 29 heavy (non-hydrogen) atoms. The van der Waals surface area contributed by atoms with E-state index in [2.05, 4.69) is 4.98 Å². The van der Waals surface area contributed by atoms with Crippen LogP contribution in [-0.4, -0.2) is 21.8 Å². The van der Waals surface area contributed by atoms with Crippen molar-refractivity contribution in [1.29, 1.82) is 0 Å². The van der Waals surface area contributed by atoms with Crippen molar-refractivity contribution in [2.45, 2.75) is 0 Å². The van der Waals surface area contributed by atoms with Gasteiger partial charge >= 0.3 is 0 Å². The molecule has 5 rings (SSSR count). The summed E-state index contributed by atoms with van der Waals surface area (Å²) in [6.45, 7) is 0. The molecule has 0 atom stereocenters. The van der Waals surface area contributed by atoms with Gasteiger partial charge in [-0.1, -0.05) is 18.2 Å². The minimum Gasteiger partial charge on any atom is -0.494 e. The van der Waals surface area contributed by atoms with E-state index in [1.54, 1.807) is 16.8 Å². The zero-order chi connectivity index (χ0) is 20.3. The van der Waals surface area contributed by atoms with Crippen molar-refractivity contribution in [2.24, 2.45) is 0 Å². The molecule has 2 aromatic heterocycles. The quantitative estimate of drug-likeness (QED) is 0.524. The van der Waals surface area contributed by atoms with Crippen molar-refractivity contribution in [1.82, 2.24) is 9.55 Å². The summed E-state index contributed by atoms with van der Waals surface area (Å²) in [6, 6.07) is 7.19. The highest BCUT2D eigenvalue weighted by Gasteiger charge is 2.23. The SMILES string of the molecule is COc1cccc(-c2c(F)ccc3c(N)c4c(O)n(C5=CC=C5)cc4nc23)c1F. The zero-order valence-corrected chi connectivity index (χ0v) is 15.3. The summed E-state index contributed by atoms with van der Waals surface area (Å²) in [5.74, 6) is -1.38. The average molecular weight is 391 g/mol. The minimum absolute atomic E-state index is 0.000424. The number of halogens is 2. The van der Waals surface area contributed by atoms with Crippen LogP contribution in [0.5, 0.6) is 11.6 Å². The first kappa shape index (κ1) is 17.2. The van der Waals surface area contributed by atoms with Gasteiger partial charge in [-0.25, -0.2) is 13.8 Å². The van der Waals surface area contributed by atoms with Crippen LogP contribution in [0.1, 0.15) is 0 Å². The molecule has 0 saturated carbocycles. The summed E-state index contributed by atoms with van der Waals surface area (Å²) in [5, 5.41) is 11.4. The number of hydrogen-bond donors (Lipinski definition) is 2. The maximum atomic E-state index is 14.9. The van der Waals surface area contributed by atoms with E-state index >= 15 is 0 Å². The number of benzene rings is 2. The van der Waals surface area contributed by atoms with Crippen LogP contribution < -0.4 is 10.5 Å². The minimum atomic E-state index is -0.688. The number of nitrogens with two attached hydrogens (primary N) is 1. The molecule has 0 amide bonds. The molecule has 144 valence electrons. The van der Waals surface area contributed by atoms with Crippen LogP contribution in [0.25, 0.3) is 38.6 Å². The lowest BCUT2D eigenvalue weighted by molar-refractivity contribution is 0.387. The fraction of sp³-hybridized carbons (Fsp3) is 0.0455. The second-order valence-electron chi connectivity index (χ2n) is 6.70. The van der Waals surface area contributed by atoms with Gasteiger partial charge < -0.3 is 15.6 Å². The van der Waals surface area contributed by atoms with Gasteiger partial charge in [-0.2, -0.15) is 0 Å². The zero-order valence-electron chi connectivity index (χ0n) is 15.3. The molecule has 0 bridgehead atoms. The molecule has 1 aliphatic rings. The Balaban J connectivity index is 1.87. The first-order valence-electron chi connectivity index (χ1n) is 8.84. The molecule has 2 heterocycles. The van der Waals surface area contributed by atoms with Gasteiger partial charge in [-0.3, -0.25) is 4.57 Å². The van der Waals surface area contributed by atoms with Gasteiger partial charge in [0.05, 0.1) is 29.2 Å². The number of aromatic nitrogens is 2. The number of nitrogen functional groups attached to an aromatic ring is 1. The molecular formula is C22H15F2N3O2. The van der Waals surface area contributed by atoms with Crippen LogP contribution in [0.3, 0.4) is 0 Å². The molecule has 0 fully saturated rings. The van der Waals surface area contributed by atoms with Crippen LogP contribution in [0, 0.1) is 11.6 Å². The predicted molar refractivity (Wildman–Crippen MR) is 109 cm³/mol. The van der Waals surface area contributed by atoms with Crippen molar-refractivity contribution >= 4 is 33.2 Å². The second kappa shape index (κ2) is 6.07. The number of aromatic hydroxyl groups is 1. The van der Waals surface area contributed by atoms with Gasteiger partial charge in [0.2, 0.25) is 5.88 Å². The van der Waals surface area contributed by atoms with Crippen molar-refractivity contribution in [2.75, 3.05) is 12.8 Å². The normalized spacial score (nSPS) is 13.0. The molecule has 1 aliphatic carbocycles. The maximum absolute atomic E-state index is 14.9. The third kappa shape index (κ3) is 2.34. The number of methoxy groups -OCH3 is 1. The Kier molecular flexibility index (Phi) is 3.61. The number of pyridine rings is 1. The number of nitrogens with zero attached hydrogens (tertiary/aromatic N) is 2. The molecule has 2 aromatic carbocycles. The van der Waals surface area contributed by atoms with E-state index in [0.29, 0.717) is 16.3 Å². The summed E-state index contributed by atoms with van der Waals surface area (Å²) in [4.78, 5) is 4.53. The Bertz CT molecular complexity index is 1390. The summed E-state index contributed by atoms with van der Waals surface area (Å²) in [6.07, 6.45) is 7.11. The molecule has 4 aromatic rings. The lowest BCUT2D eigenvalue weighted by Crippen LogP contribution is -1.98. The largest absolute Gasteiger partial charge is 0.494 e. The van der Waals surface area contributed by atoms with Crippen LogP contribution >= 0.6 is 0 Å². The number of ether oxygens (including phenoxy) is 1. The van der Waals surface area contributed by atoms with Crippen LogP contribution in [0.2, 0.25) is 0 Å². The number of allylic oxidation sites excluding steroid dienone is 4. The smallest absolute Gasteiger partial charge is 0.207 e. The Morgan fingerprint density at radius 1 is 1.17 bits per heavy atom. The van der Waals surface area contributed by atoms with Crippen molar-refractivity contribution in [3.8, 4) is 22.8 Å². The van der Waals surface area contributed by atoms with Crippen LogP contribution in [-0.2, 0) is 0 Å². The number of fused-ring (bicyclic) bond motifs is 2. The molecule has 7 heteroatoms. The third-order valence-electron chi connectivity index (χ3n) is 5.14. The fourth-order valence-electron chi connectivity index (χ4n) is 3.64. The molecule has 0 radical (unpaired) electrons. The fourth-order valence-corrected chi connectivity index (χ4v) is 3.64. The van der Waals surface area contributed by atoms with Crippen molar-refractivity contribution in [3.63, 3.8) is 0 Å². The van der Waals surface area contributed by atoms with E-state index in [1.807, 2.05) is 18.2 Å². The molecule has 3 N–H and O–H groups in total. The first-order chi connectivity index (χ1) is 14.0. The van der Waals surface area contributed by atoms with E-state index in [1.165, 1.54) is 31.4 Å². The highest BCUT2D eigenvalue weighted by molar-refractivity contribution is 6.12. The number of hydrogen-bond acceptors (Lipinski definition) is 4. The Labute approximate surface area is 164 Å². The first-order valence-corrected chi connectivity index (χ1v) is 8.84. The van der Waals surface area contributed by atoms with E-state index in [-0.39, 0.29) is 34.0 Å². The topological polar surface area (TPSA) is 73.3 Å². The van der Waals surface area contributed by atoms with Gasteiger partial charge in [0.25, 0.3) is 0 Å². The van der Waals surface area contributed by atoms with Crippen molar-refractivity contribution in [3.05, 3.63) is 66.4 Å². The monoisotopic (exact) mass is 391 g/mol. The summed E-state index contributed by atoms with van der Waals surface area (Å²) in [7, 11) is 1.34. The van der Waals surface area contributed by atoms with Gasteiger partial charge in [-0.15, -0.1) is 0 Å². The lowest BCUT2D eigenvalue weighted by atomic mass is 9.99. The van der Waals surface area contributed by atoms with Gasteiger partial charge in [0.1, 0.15) is 5.82 Å². The maximum Gasteiger partial charge on any atom is 0.207 e. The van der Waals surface area contributed by atoms with E-state index < -0.39 is 11.6 Å². The second-order valence-corrected chi connectivity index (χ2v) is 6.70. The Morgan fingerprint density at radius 3 is 2.66 bits per heavy atom. The van der Waals surface area contributed by atoms with Crippen LogP contribution in [0.4, 0.5) is 14.5 Å². The van der Waals surface area contributed by atoms with E-state index in [0.717, 1.165) is 5.70 Å². The van der Waals surface area contributed by atoms with Gasteiger partial charge in [0, 0.05) is 28.4 Å². The summed E-state index contributed by atoms with van der Waals surface area (Å²) >= 11 is 0. The number of anilines is 1. The van der Waals surface area contributed by atoms with E-state index in [4.69, 9.17) is 10.5 Å². The highest BCUT2D eigenvalue weighted by Crippen LogP contribution is 2.42. The van der Waals surface area contributed by atoms with Gasteiger partial charge in [0.15, 0.2) is 11.6 Å². The predicted octanol–water partition coefficient (Wildman–Crippen LogP) is 4.84. The Morgan fingerprint density at radius 2 is 1.97 bits per heavy atom. The molecule has 0 spiro atoms. The van der Waals surface area contributed by atoms with Crippen LogP contribution in [0.15, 0.2) is 54.8 Å². The molecule has 0 aliphatic heterocycles. The third-order valence-corrected chi connectivity index (χ3v) is 5.14. The average Bonchev–Trinajstić information content (AvgIpc) is 2.97. The molecule has 0 saturated heterocycles. The highest BCUT2D eigenvalue weighted by atomic mass is 19.1. The summed E-state index contributed by atoms with van der Waals surface area (Å²) < 4.78 is 36.3. The molecule has 5 nitrogen and oxygen atoms in total. The van der Waals surface area contributed by atoms with E-state index in [9.17, 15) is 13.9 Å². The number of rotatable bonds is 3.